The van der Waals surface area contributed by atoms with E-state index in [1.165, 1.54) is 18.2 Å². The quantitative estimate of drug-likeness (QED) is 0.514. The number of para-hydroxylation sites is 1. The molecule has 2 aromatic carbocycles. The number of aryl methyl sites for hydroxylation is 1. The van der Waals surface area contributed by atoms with Gasteiger partial charge in [-0.05, 0) is 26.0 Å². The number of benzene rings is 2. The summed E-state index contributed by atoms with van der Waals surface area (Å²) in [6.45, 7) is 3.27. The number of hydrogen-bond acceptors (Lipinski definition) is 5. The molecule has 0 saturated heterocycles. The van der Waals surface area contributed by atoms with Crippen molar-refractivity contribution in [2.75, 3.05) is 0 Å². The molecule has 2 rings (SSSR count). The predicted molar refractivity (Wildman–Crippen MR) is 85.6 cm³/mol. The summed E-state index contributed by atoms with van der Waals surface area (Å²) in [5, 5.41) is 24.5. The summed E-state index contributed by atoms with van der Waals surface area (Å²) >= 11 is 0. The highest BCUT2D eigenvalue weighted by Crippen LogP contribution is 2.20. The van der Waals surface area contributed by atoms with E-state index in [1.54, 1.807) is 38.1 Å². The maximum absolute atomic E-state index is 11.9. The lowest BCUT2D eigenvalue weighted by atomic mass is 10.1. The average Bonchev–Trinajstić information content (AvgIpc) is 2.52. The molecule has 0 unspecified atom stereocenters. The van der Waals surface area contributed by atoms with E-state index in [-0.39, 0.29) is 17.0 Å². The lowest BCUT2D eigenvalue weighted by Gasteiger charge is -2.05. The third kappa shape index (κ3) is 3.70. The van der Waals surface area contributed by atoms with Gasteiger partial charge in [0.2, 0.25) is 0 Å². The standard InChI is InChI=1S/C16H15N3O4/c1-10-7-8-12(9-14(10)19(22)23)11(2)17-18-16(21)13-5-3-4-6-15(13)20/h3-9,20H,1-2H3,(H,18,21)/b17-11+. The van der Waals surface area contributed by atoms with Crippen LogP contribution in [0.2, 0.25) is 0 Å². The molecule has 0 atom stereocenters. The number of amides is 1. The molecule has 0 spiro atoms. The molecule has 0 radical (unpaired) electrons. The average molecular weight is 313 g/mol. The Balaban J connectivity index is 2.21. The Kier molecular flexibility index (Phi) is 4.70. The molecule has 0 heterocycles. The minimum atomic E-state index is -0.566. The van der Waals surface area contributed by atoms with Gasteiger partial charge in [-0.3, -0.25) is 14.9 Å². The lowest BCUT2D eigenvalue weighted by Crippen LogP contribution is -2.19. The summed E-state index contributed by atoms with van der Waals surface area (Å²) in [5.41, 5.74) is 3.89. The molecular weight excluding hydrogens is 298 g/mol. The van der Waals surface area contributed by atoms with Gasteiger partial charge in [-0.1, -0.05) is 24.3 Å². The summed E-state index contributed by atoms with van der Waals surface area (Å²) in [7, 11) is 0. The normalized spacial score (nSPS) is 11.1. The molecule has 2 N–H and O–H groups in total. The first kappa shape index (κ1) is 16.2. The van der Waals surface area contributed by atoms with Crippen molar-refractivity contribution in [1.29, 1.82) is 0 Å². The minimum Gasteiger partial charge on any atom is -0.507 e. The van der Waals surface area contributed by atoms with Crippen LogP contribution in [0.4, 0.5) is 5.69 Å². The van der Waals surface area contributed by atoms with Gasteiger partial charge < -0.3 is 5.11 Å². The zero-order chi connectivity index (χ0) is 17.0. The molecule has 0 bridgehead atoms. The van der Waals surface area contributed by atoms with Crippen molar-refractivity contribution in [3.8, 4) is 5.75 Å². The lowest BCUT2D eigenvalue weighted by molar-refractivity contribution is -0.385. The summed E-state index contributed by atoms with van der Waals surface area (Å²) in [6.07, 6.45) is 0. The van der Waals surface area contributed by atoms with Gasteiger partial charge >= 0.3 is 0 Å². The monoisotopic (exact) mass is 313 g/mol. The molecule has 118 valence electrons. The zero-order valence-corrected chi connectivity index (χ0v) is 12.6. The SMILES string of the molecule is C/C(=N\NC(=O)c1ccccc1O)c1ccc(C)c([N+](=O)[O-])c1. The van der Waals surface area contributed by atoms with Crippen molar-refractivity contribution in [2.45, 2.75) is 13.8 Å². The largest absolute Gasteiger partial charge is 0.507 e. The molecule has 23 heavy (non-hydrogen) atoms. The Morgan fingerprint density at radius 1 is 1.26 bits per heavy atom. The number of nitrogens with zero attached hydrogens (tertiary/aromatic N) is 2. The number of phenolic OH excluding ortho intramolecular Hbond substituents is 1. The number of carbonyl (C=O) groups is 1. The van der Waals surface area contributed by atoms with Crippen molar-refractivity contribution >= 4 is 17.3 Å². The fourth-order valence-electron chi connectivity index (χ4n) is 1.96. The van der Waals surface area contributed by atoms with Crippen LogP contribution in [0, 0.1) is 17.0 Å². The van der Waals surface area contributed by atoms with E-state index in [1.807, 2.05) is 0 Å². The first-order chi connectivity index (χ1) is 10.9. The number of nitro benzene ring substituents is 1. The van der Waals surface area contributed by atoms with Crippen LogP contribution < -0.4 is 5.43 Å². The van der Waals surface area contributed by atoms with Gasteiger partial charge in [0.05, 0.1) is 16.2 Å². The number of phenols is 1. The summed E-state index contributed by atoms with van der Waals surface area (Å²) in [6, 6.07) is 10.8. The van der Waals surface area contributed by atoms with Gasteiger partial charge in [0.1, 0.15) is 5.75 Å². The topological polar surface area (TPSA) is 105 Å². The number of nitro groups is 1. The number of nitrogens with one attached hydrogen (secondary N) is 1. The van der Waals surface area contributed by atoms with Crippen LogP contribution in [-0.2, 0) is 0 Å². The summed E-state index contributed by atoms with van der Waals surface area (Å²) < 4.78 is 0. The number of carbonyl (C=O) groups excluding carboxylic acids is 1. The first-order valence-electron chi connectivity index (χ1n) is 6.78. The molecule has 7 nitrogen and oxygen atoms in total. The maximum atomic E-state index is 11.9. The predicted octanol–water partition coefficient (Wildman–Crippen LogP) is 2.76. The molecule has 0 saturated carbocycles. The third-order valence-corrected chi connectivity index (χ3v) is 3.30. The van der Waals surface area contributed by atoms with Gasteiger partial charge in [0, 0.05) is 17.2 Å². The molecule has 0 aliphatic heterocycles. The van der Waals surface area contributed by atoms with Crippen LogP contribution in [-0.4, -0.2) is 21.6 Å². The Morgan fingerprint density at radius 3 is 2.61 bits per heavy atom. The zero-order valence-electron chi connectivity index (χ0n) is 12.6. The second kappa shape index (κ2) is 6.69. The number of rotatable bonds is 4. The van der Waals surface area contributed by atoms with Crippen molar-refractivity contribution in [3.05, 3.63) is 69.3 Å². The Hall–Kier alpha value is -3.22. The van der Waals surface area contributed by atoms with Gasteiger partial charge in [0.15, 0.2) is 0 Å². The second-order valence-corrected chi connectivity index (χ2v) is 4.91. The van der Waals surface area contributed by atoms with Crippen molar-refractivity contribution < 1.29 is 14.8 Å². The fraction of sp³-hybridized carbons (Fsp3) is 0.125. The summed E-state index contributed by atoms with van der Waals surface area (Å²) in [5.74, 6) is -0.715. The molecule has 0 aromatic heterocycles. The molecule has 7 heteroatoms. The van der Waals surface area contributed by atoms with Crippen molar-refractivity contribution in [1.82, 2.24) is 5.43 Å². The van der Waals surface area contributed by atoms with Gasteiger partial charge in [-0.2, -0.15) is 5.10 Å². The second-order valence-electron chi connectivity index (χ2n) is 4.91. The van der Waals surface area contributed by atoms with E-state index in [0.717, 1.165) is 0 Å². The molecule has 0 aliphatic rings. The van der Waals surface area contributed by atoms with Crippen LogP contribution in [0.5, 0.6) is 5.75 Å². The van der Waals surface area contributed by atoms with E-state index in [9.17, 15) is 20.0 Å². The van der Waals surface area contributed by atoms with Crippen molar-refractivity contribution in [2.24, 2.45) is 5.10 Å². The third-order valence-electron chi connectivity index (χ3n) is 3.30. The van der Waals surface area contributed by atoms with Crippen LogP contribution in [0.25, 0.3) is 0 Å². The fourth-order valence-corrected chi connectivity index (χ4v) is 1.96. The van der Waals surface area contributed by atoms with E-state index in [4.69, 9.17) is 0 Å². The van der Waals surface area contributed by atoms with Gasteiger partial charge in [0.25, 0.3) is 11.6 Å². The smallest absolute Gasteiger partial charge is 0.275 e. The van der Waals surface area contributed by atoms with Crippen LogP contribution >= 0.6 is 0 Å². The highest BCUT2D eigenvalue weighted by molar-refractivity contribution is 6.02. The van der Waals surface area contributed by atoms with Crippen molar-refractivity contribution in [3.63, 3.8) is 0 Å². The van der Waals surface area contributed by atoms with E-state index in [2.05, 4.69) is 10.5 Å². The number of hydrazone groups is 1. The molecular formula is C16H15N3O4. The number of aromatic hydroxyl groups is 1. The molecule has 1 amide bonds. The molecule has 0 fully saturated rings. The number of hydrogen-bond donors (Lipinski definition) is 2. The van der Waals surface area contributed by atoms with Gasteiger partial charge in [-0.15, -0.1) is 0 Å². The van der Waals surface area contributed by atoms with E-state index in [0.29, 0.717) is 16.8 Å². The van der Waals surface area contributed by atoms with E-state index >= 15 is 0 Å². The Morgan fingerprint density at radius 2 is 1.96 bits per heavy atom. The van der Waals surface area contributed by atoms with Crippen LogP contribution in [0.15, 0.2) is 47.6 Å². The van der Waals surface area contributed by atoms with Crippen LogP contribution in [0.1, 0.15) is 28.4 Å². The maximum Gasteiger partial charge on any atom is 0.275 e. The highest BCUT2D eigenvalue weighted by Gasteiger charge is 2.13. The van der Waals surface area contributed by atoms with Gasteiger partial charge in [-0.25, -0.2) is 5.43 Å². The highest BCUT2D eigenvalue weighted by atomic mass is 16.6. The molecule has 2 aromatic rings. The first-order valence-corrected chi connectivity index (χ1v) is 6.78. The van der Waals surface area contributed by atoms with E-state index < -0.39 is 10.8 Å². The van der Waals surface area contributed by atoms with Crippen LogP contribution in [0.3, 0.4) is 0 Å². The summed E-state index contributed by atoms with van der Waals surface area (Å²) in [4.78, 5) is 22.4. The molecule has 0 aliphatic carbocycles. The minimum absolute atomic E-state index is 0.0101. The Labute approximate surface area is 132 Å². The Bertz CT molecular complexity index is 800.